The first-order valence-corrected chi connectivity index (χ1v) is 15.3. The van der Waals surface area contributed by atoms with E-state index in [1.54, 1.807) is 6.92 Å². The van der Waals surface area contributed by atoms with Gasteiger partial charge in [-0.25, -0.2) is 14.0 Å². The number of aryl methyl sites for hydroxylation is 1. The van der Waals surface area contributed by atoms with Crippen molar-refractivity contribution < 1.29 is 49.8 Å². The molecule has 3 aromatic carbocycles. The lowest BCUT2D eigenvalue weighted by atomic mass is 9.72. The molecule has 1 fully saturated rings. The molecule has 0 radical (unpaired) electrons. The highest BCUT2D eigenvalue weighted by atomic mass is 19.4. The monoisotopic (exact) mass is 677 g/mol. The van der Waals surface area contributed by atoms with Crippen LogP contribution in [0.15, 0.2) is 60.2 Å². The number of alkyl halides is 6. The first kappa shape index (κ1) is 35.0. The van der Waals surface area contributed by atoms with Crippen LogP contribution in [0, 0.1) is 18.2 Å². The highest BCUT2D eigenvalue weighted by Crippen LogP contribution is 2.46. The molecule has 0 bridgehead atoms. The van der Waals surface area contributed by atoms with Crippen molar-refractivity contribution in [1.82, 2.24) is 4.90 Å². The van der Waals surface area contributed by atoms with Gasteiger partial charge < -0.3 is 9.47 Å². The van der Waals surface area contributed by atoms with Gasteiger partial charge in [-0.15, -0.1) is 0 Å². The van der Waals surface area contributed by atoms with Gasteiger partial charge in [0.25, 0.3) is 0 Å². The molecular weight excluding hydrogens is 643 g/mol. The lowest BCUT2D eigenvalue weighted by Crippen LogP contribution is -2.35. The minimum Gasteiger partial charge on any atom is -0.465 e. The number of amides is 1. The largest absolute Gasteiger partial charge is 0.465 e. The Morgan fingerprint density at radius 2 is 1.60 bits per heavy atom. The summed E-state index contributed by atoms with van der Waals surface area (Å²) in [6.45, 7) is 7.14. The Hall–Kier alpha value is -4.35. The molecule has 3 aromatic rings. The van der Waals surface area contributed by atoms with Gasteiger partial charge in [0.15, 0.2) is 0 Å². The zero-order valence-corrected chi connectivity index (χ0v) is 26.9. The van der Waals surface area contributed by atoms with Crippen molar-refractivity contribution in [3.05, 3.63) is 99.4 Å². The first-order chi connectivity index (χ1) is 22.3. The lowest BCUT2D eigenvalue weighted by molar-refractivity contribution is -0.138. The predicted molar refractivity (Wildman–Crippen MR) is 164 cm³/mol. The summed E-state index contributed by atoms with van der Waals surface area (Å²) in [6.07, 6.45) is -9.74. The summed E-state index contributed by atoms with van der Waals surface area (Å²) in [5.41, 5.74) is -0.486. The topological polar surface area (TPSA) is 55.8 Å². The third-order valence-corrected chi connectivity index (χ3v) is 8.99. The number of esters is 1. The standard InChI is InChI=1S/C36H34F7NO4/c1-19-10-24(15-26(11-19)35(38,39)40)31-20(2)44(33(46)48-31)18-25-17-34(3,4)9-8-28(25)22-12-23(14-27(13-22)36(41,42)43)29-7-6-21(16-30(29)37)32(45)47-5/h6-7,10-16,20,31H,8-9,17-18H2,1-5H3/t20-,31-/m0/s1. The maximum absolute atomic E-state index is 15.2. The molecule has 12 heteroatoms. The third-order valence-electron chi connectivity index (χ3n) is 8.99. The molecule has 256 valence electrons. The second-order valence-electron chi connectivity index (χ2n) is 13.2. The highest BCUT2D eigenvalue weighted by Gasteiger charge is 2.43. The van der Waals surface area contributed by atoms with E-state index >= 15 is 4.39 Å². The molecular formula is C36H34F7NO4. The Morgan fingerprint density at radius 1 is 0.958 bits per heavy atom. The zero-order valence-electron chi connectivity index (χ0n) is 26.9. The van der Waals surface area contributed by atoms with E-state index in [2.05, 4.69) is 4.74 Å². The Morgan fingerprint density at radius 3 is 2.23 bits per heavy atom. The van der Waals surface area contributed by atoms with Crippen LogP contribution >= 0.6 is 0 Å². The van der Waals surface area contributed by atoms with Crippen LogP contribution < -0.4 is 0 Å². The number of carbonyl (C=O) groups excluding carboxylic acids is 2. The molecule has 0 spiro atoms. The van der Waals surface area contributed by atoms with Crippen molar-refractivity contribution in [2.45, 2.75) is 71.5 Å². The molecule has 0 N–H and O–H groups in total. The van der Waals surface area contributed by atoms with E-state index in [1.807, 2.05) is 13.8 Å². The average Bonchev–Trinajstić information content (AvgIpc) is 3.27. The van der Waals surface area contributed by atoms with Gasteiger partial charge in [-0.3, -0.25) is 4.90 Å². The number of halogens is 7. The van der Waals surface area contributed by atoms with Crippen molar-refractivity contribution in [2.75, 3.05) is 13.7 Å². The van der Waals surface area contributed by atoms with Gasteiger partial charge >= 0.3 is 24.4 Å². The smallest absolute Gasteiger partial charge is 0.416 e. The molecule has 0 saturated carbocycles. The van der Waals surface area contributed by atoms with E-state index in [4.69, 9.17) is 4.74 Å². The van der Waals surface area contributed by atoms with E-state index < -0.39 is 53.5 Å². The maximum atomic E-state index is 15.2. The minimum atomic E-state index is -4.77. The number of carbonyl (C=O) groups is 2. The van der Waals surface area contributed by atoms with Crippen LogP contribution in [0.3, 0.4) is 0 Å². The second kappa shape index (κ2) is 12.6. The summed E-state index contributed by atoms with van der Waals surface area (Å²) in [7, 11) is 1.12. The molecule has 1 aliphatic carbocycles. The van der Waals surface area contributed by atoms with Crippen LogP contribution in [0.4, 0.5) is 35.5 Å². The van der Waals surface area contributed by atoms with Gasteiger partial charge in [0.05, 0.1) is 29.8 Å². The van der Waals surface area contributed by atoms with E-state index in [-0.39, 0.29) is 39.8 Å². The highest BCUT2D eigenvalue weighted by molar-refractivity contribution is 5.90. The van der Waals surface area contributed by atoms with Crippen LogP contribution in [0.2, 0.25) is 0 Å². The molecule has 2 aliphatic rings. The van der Waals surface area contributed by atoms with E-state index in [9.17, 15) is 35.9 Å². The van der Waals surface area contributed by atoms with Gasteiger partial charge in [0, 0.05) is 12.1 Å². The summed E-state index contributed by atoms with van der Waals surface area (Å²) in [6, 6.07) is 9.48. The van der Waals surface area contributed by atoms with Crippen molar-refractivity contribution in [3.8, 4) is 11.1 Å². The van der Waals surface area contributed by atoms with Gasteiger partial charge in [-0.1, -0.05) is 31.5 Å². The molecule has 48 heavy (non-hydrogen) atoms. The van der Waals surface area contributed by atoms with E-state index in [0.717, 1.165) is 37.4 Å². The fourth-order valence-electron chi connectivity index (χ4n) is 6.53. The van der Waals surface area contributed by atoms with Crippen molar-refractivity contribution in [3.63, 3.8) is 0 Å². The van der Waals surface area contributed by atoms with Crippen LogP contribution in [0.5, 0.6) is 0 Å². The Kier molecular flexibility index (Phi) is 9.17. The Labute approximate surface area is 273 Å². The number of ether oxygens (including phenoxy) is 2. The van der Waals surface area contributed by atoms with Crippen LogP contribution in [-0.2, 0) is 21.8 Å². The number of nitrogens with zero attached hydrogens (tertiary/aromatic N) is 1. The van der Waals surface area contributed by atoms with Crippen molar-refractivity contribution in [1.29, 1.82) is 0 Å². The number of hydrogen-bond donors (Lipinski definition) is 0. The lowest BCUT2D eigenvalue weighted by Gasteiger charge is -2.35. The number of hydrogen-bond acceptors (Lipinski definition) is 4. The third kappa shape index (κ3) is 7.22. The number of cyclic esters (lactones) is 1. The molecule has 1 aliphatic heterocycles. The summed E-state index contributed by atoms with van der Waals surface area (Å²) >= 11 is 0. The average molecular weight is 678 g/mol. The summed E-state index contributed by atoms with van der Waals surface area (Å²) in [4.78, 5) is 26.5. The van der Waals surface area contributed by atoms with Crippen molar-refractivity contribution >= 4 is 17.6 Å². The summed E-state index contributed by atoms with van der Waals surface area (Å²) in [5.74, 6) is -1.71. The summed E-state index contributed by atoms with van der Waals surface area (Å²) in [5, 5.41) is 0. The fourth-order valence-corrected chi connectivity index (χ4v) is 6.53. The molecule has 0 aromatic heterocycles. The van der Waals surface area contributed by atoms with E-state index in [1.165, 1.54) is 36.1 Å². The quantitative estimate of drug-likeness (QED) is 0.193. The molecule has 1 heterocycles. The first-order valence-electron chi connectivity index (χ1n) is 15.3. The van der Waals surface area contributed by atoms with Gasteiger partial charge in [0.1, 0.15) is 11.9 Å². The predicted octanol–water partition coefficient (Wildman–Crippen LogP) is 10.2. The van der Waals surface area contributed by atoms with Gasteiger partial charge in [-0.2, -0.15) is 26.3 Å². The van der Waals surface area contributed by atoms with E-state index in [0.29, 0.717) is 36.0 Å². The normalized spacial score (nSPS) is 19.8. The minimum absolute atomic E-state index is 0.0268. The number of rotatable bonds is 6. The number of allylic oxidation sites excluding steroid dienone is 1. The molecule has 5 nitrogen and oxygen atoms in total. The van der Waals surface area contributed by atoms with Gasteiger partial charge in [0.2, 0.25) is 0 Å². The molecule has 0 unspecified atom stereocenters. The summed E-state index contributed by atoms with van der Waals surface area (Å²) < 4.78 is 109. The number of benzene rings is 3. The Balaban J connectivity index is 1.57. The zero-order chi connectivity index (χ0) is 35.3. The molecule has 2 atom stereocenters. The van der Waals surface area contributed by atoms with Crippen LogP contribution in [0.25, 0.3) is 16.7 Å². The SMILES string of the molecule is COC(=O)c1ccc(-c2cc(C3=C(CN4C(=O)O[C@H](c5cc(C)cc(C(F)(F)F)c5)[C@@H]4C)CC(C)(C)CC3)cc(C(F)(F)F)c2)c(F)c1. The second-order valence-corrected chi connectivity index (χ2v) is 13.2. The molecule has 1 amide bonds. The van der Waals surface area contributed by atoms with Crippen LogP contribution in [-0.4, -0.2) is 36.7 Å². The molecule has 5 rings (SSSR count). The fraction of sp³-hybridized carbons (Fsp3) is 0.389. The Bertz CT molecular complexity index is 1790. The van der Waals surface area contributed by atoms with Crippen molar-refractivity contribution in [2.24, 2.45) is 5.41 Å². The molecule has 1 saturated heterocycles. The number of methoxy groups -OCH3 is 1. The maximum Gasteiger partial charge on any atom is 0.416 e. The van der Waals surface area contributed by atoms with Gasteiger partial charge in [-0.05, 0) is 109 Å². The van der Waals surface area contributed by atoms with Crippen LogP contribution in [0.1, 0.15) is 84.3 Å².